The van der Waals surface area contributed by atoms with Gasteiger partial charge in [-0.25, -0.2) is 0 Å². The molecule has 0 heterocycles. The molecule has 1 amide bonds. The van der Waals surface area contributed by atoms with Crippen LogP contribution in [0.3, 0.4) is 0 Å². The standard InChI is InChI=1S/C21H24ClNO5/c1-3-26-17-8-10-18(11-9-17)27-13-12-20(24)28-15(2)21(25)23-14-16-6-4-5-7-19(16)22/h4-11,15H,3,12-14H2,1-2H3,(H,23,25). The first-order chi connectivity index (χ1) is 13.5. The van der Waals surface area contributed by atoms with Gasteiger partial charge in [0.15, 0.2) is 6.10 Å². The number of carbonyl (C=O) groups excluding carboxylic acids is 2. The summed E-state index contributed by atoms with van der Waals surface area (Å²) in [5.41, 5.74) is 0.791. The van der Waals surface area contributed by atoms with Gasteiger partial charge >= 0.3 is 5.97 Å². The molecule has 2 aromatic rings. The Balaban J connectivity index is 1.68. The maximum absolute atomic E-state index is 12.1. The molecule has 2 rings (SSSR count). The molecular formula is C21H24ClNO5. The lowest BCUT2D eigenvalue weighted by Gasteiger charge is -2.14. The first kappa shape index (κ1) is 21.6. The molecule has 7 heteroatoms. The molecule has 2 aromatic carbocycles. The Kier molecular flexibility index (Phi) is 8.62. The number of nitrogens with one attached hydrogen (secondary N) is 1. The normalized spacial score (nSPS) is 11.4. The van der Waals surface area contributed by atoms with Crippen molar-refractivity contribution in [1.82, 2.24) is 5.32 Å². The molecule has 6 nitrogen and oxygen atoms in total. The summed E-state index contributed by atoms with van der Waals surface area (Å²) in [7, 11) is 0. The van der Waals surface area contributed by atoms with E-state index in [0.717, 1.165) is 11.3 Å². The number of esters is 1. The second-order valence-electron chi connectivity index (χ2n) is 5.94. The zero-order valence-electron chi connectivity index (χ0n) is 15.9. The molecule has 0 aromatic heterocycles. The number of hydrogen-bond donors (Lipinski definition) is 1. The molecule has 0 aliphatic heterocycles. The molecule has 0 radical (unpaired) electrons. The topological polar surface area (TPSA) is 73.9 Å². The molecule has 0 aliphatic rings. The van der Waals surface area contributed by atoms with E-state index in [-0.39, 0.29) is 25.5 Å². The monoisotopic (exact) mass is 405 g/mol. The van der Waals surface area contributed by atoms with Gasteiger partial charge in [0.2, 0.25) is 0 Å². The highest BCUT2D eigenvalue weighted by Crippen LogP contribution is 2.18. The van der Waals surface area contributed by atoms with Crippen LogP contribution in [0.4, 0.5) is 0 Å². The van der Waals surface area contributed by atoms with Gasteiger partial charge in [0.1, 0.15) is 11.5 Å². The van der Waals surface area contributed by atoms with E-state index in [1.807, 2.05) is 25.1 Å². The fourth-order valence-electron chi connectivity index (χ4n) is 2.33. The third-order valence-corrected chi connectivity index (χ3v) is 4.17. The molecule has 150 valence electrons. The molecular weight excluding hydrogens is 382 g/mol. The van der Waals surface area contributed by atoms with E-state index in [2.05, 4.69) is 5.32 Å². The predicted octanol–water partition coefficient (Wildman–Crippen LogP) is 3.76. The molecule has 1 N–H and O–H groups in total. The van der Waals surface area contributed by atoms with Crippen molar-refractivity contribution in [3.8, 4) is 11.5 Å². The zero-order chi connectivity index (χ0) is 20.4. The van der Waals surface area contributed by atoms with Crippen molar-refractivity contribution in [3.05, 3.63) is 59.1 Å². The number of rotatable bonds is 10. The summed E-state index contributed by atoms with van der Waals surface area (Å²) in [4.78, 5) is 24.0. The van der Waals surface area contributed by atoms with E-state index < -0.39 is 12.1 Å². The van der Waals surface area contributed by atoms with Crippen molar-refractivity contribution in [2.75, 3.05) is 13.2 Å². The second kappa shape index (κ2) is 11.2. The van der Waals surface area contributed by atoms with Gasteiger partial charge in [-0.3, -0.25) is 9.59 Å². The van der Waals surface area contributed by atoms with Crippen molar-refractivity contribution in [3.63, 3.8) is 0 Å². The van der Waals surface area contributed by atoms with E-state index in [4.69, 9.17) is 25.8 Å². The Morgan fingerprint density at radius 3 is 2.32 bits per heavy atom. The first-order valence-corrected chi connectivity index (χ1v) is 9.43. The summed E-state index contributed by atoms with van der Waals surface area (Å²) in [6.07, 6.45) is -0.865. The van der Waals surface area contributed by atoms with Crippen molar-refractivity contribution in [2.45, 2.75) is 32.9 Å². The summed E-state index contributed by atoms with van der Waals surface area (Å²) in [5.74, 6) is 0.486. The molecule has 1 atom stereocenters. The average molecular weight is 406 g/mol. The summed E-state index contributed by atoms with van der Waals surface area (Å²) in [6.45, 7) is 4.44. The number of halogens is 1. The van der Waals surface area contributed by atoms with E-state index >= 15 is 0 Å². The minimum atomic E-state index is -0.902. The smallest absolute Gasteiger partial charge is 0.310 e. The van der Waals surface area contributed by atoms with Gasteiger partial charge in [-0.05, 0) is 49.7 Å². The van der Waals surface area contributed by atoms with Crippen molar-refractivity contribution in [1.29, 1.82) is 0 Å². The minimum Gasteiger partial charge on any atom is -0.494 e. The van der Waals surface area contributed by atoms with Crippen LogP contribution in [-0.2, 0) is 20.9 Å². The number of amides is 1. The van der Waals surface area contributed by atoms with Gasteiger partial charge in [0.05, 0.1) is 19.6 Å². The Bertz CT molecular complexity index is 779. The lowest BCUT2D eigenvalue weighted by molar-refractivity contribution is -0.155. The molecule has 0 saturated heterocycles. The van der Waals surface area contributed by atoms with E-state index in [9.17, 15) is 9.59 Å². The van der Waals surface area contributed by atoms with Crippen LogP contribution in [0.1, 0.15) is 25.8 Å². The summed E-state index contributed by atoms with van der Waals surface area (Å²) < 4.78 is 16.0. The first-order valence-electron chi connectivity index (χ1n) is 9.06. The van der Waals surface area contributed by atoms with E-state index in [0.29, 0.717) is 17.4 Å². The highest BCUT2D eigenvalue weighted by molar-refractivity contribution is 6.31. The third kappa shape index (κ3) is 7.12. The quantitative estimate of drug-likeness (QED) is 0.609. The van der Waals surface area contributed by atoms with Crippen LogP contribution in [-0.4, -0.2) is 31.2 Å². The average Bonchev–Trinajstić information content (AvgIpc) is 2.68. The highest BCUT2D eigenvalue weighted by atomic mass is 35.5. The Hall–Kier alpha value is -2.73. The minimum absolute atomic E-state index is 0.0370. The van der Waals surface area contributed by atoms with Crippen LogP contribution in [0.2, 0.25) is 5.02 Å². The van der Waals surface area contributed by atoms with Gasteiger partial charge < -0.3 is 19.5 Å². The van der Waals surface area contributed by atoms with E-state index in [1.165, 1.54) is 6.92 Å². The molecule has 0 fully saturated rings. The number of carbonyl (C=O) groups is 2. The molecule has 1 unspecified atom stereocenters. The molecule has 0 spiro atoms. The van der Waals surface area contributed by atoms with Crippen LogP contribution in [0.15, 0.2) is 48.5 Å². The molecule has 0 saturated carbocycles. The Labute approximate surface area is 169 Å². The third-order valence-electron chi connectivity index (χ3n) is 3.80. The van der Waals surface area contributed by atoms with Crippen LogP contribution >= 0.6 is 11.6 Å². The van der Waals surface area contributed by atoms with Crippen LogP contribution in [0.25, 0.3) is 0 Å². The maximum atomic E-state index is 12.1. The molecule has 0 aliphatic carbocycles. The Morgan fingerprint density at radius 2 is 1.68 bits per heavy atom. The highest BCUT2D eigenvalue weighted by Gasteiger charge is 2.17. The fourth-order valence-corrected chi connectivity index (χ4v) is 2.53. The fraction of sp³-hybridized carbons (Fsp3) is 0.333. The van der Waals surface area contributed by atoms with Crippen LogP contribution in [0, 0.1) is 0 Å². The van der Waals surface area contributed by atoms with Gasteiger partial charge in [-0.2, -0.15) is 0 Å². The Morgan fingerprint density at radius 1 is 1.04 bits per heavy atom. The molecule has 28 heavy (non-hydrogen) atoms. The van der Waals surface area contributed by atoms with Crippen molar-refractivity contribution >= 4 is 23.5 Å². The second-order valence-corrected chi connectivity index (χ2v) is 6.35. The summed E-state index contributed by atoms with van der Waals surface area (Å²) >= 11 is 6.05. The van der Waals surface area contributed by atoms with Gasteiger partial charge in [-0.1, -0.05) is 29.8 Å². The lowest BCUT2D eigenvalue weighted by Crippen LogP contribution is -2.35. The van der Waals surface area contributed by atoms with Crippen molar-refractivity contribution < 1.29 is 23.8 Å². The molecule has 0 bridgehead atoms. The van der Waals surface area contributed by atoms with Crippen LogP contribution < -0.4 is 14.8 Å². The predicted molar refractivity (Wildman–Crippen MR) is 107 cm³/mol. The van der Waals surface area contributed by atoms with Gasteiger partial charge in [0, 0.05) is 11.6 Å². The van der Waals surface area contributed by atoms with Crippen molar-refractivity contribution in [2.24, 2.45) is 0 Å². The largest absolute Gasteiger partial charge is 0.494 e. The SMILES string of the molecule is CCOc1ccc(OCCC(=O)OC(C)C(=O)NCc2ccccc2Cl)cc1. The number of ether oxygens (including phenoxy) is 3. The van der Waals surface area contributed by atoms with Gasteiger partial charge in [0.25, 0.3) is 5.91 Å². The van der Waals surface area contributed by atoms with Crippen LogP contribution in [0.5, 0.6) is 11.5 Å². The summed E-state index contributed by atoms with van der Waals surface area (Å²) in [5, 5.41) is 3.27. The zero-order valence-corrected chi connectivity index (χ0v) is 16.7. The number of hydrogen-bond acceptors (Lipinski definition) is 5. The maximum Gasteiger partial charge on any atom is 0.310 e. The summed E-state index contributed by atoms with van der Waals surface area (Å²) in [6, 6.07) is 14.3. The number of benzene rings is 2. The lowest BCUT2D eigenvalue weighted by atomic mass is 10.2. The van der Waals surface area contributed by atoms with E-state index in [1.54, 1.807) is 30.3 Å². The van der Waals surface area contributed by atoms with Gasteiger partial charge in [-0.15, -0.1) is 0 Å².